The van der Waals surface area contributed by atoms with Gasteiger partial charge in [-0.3, -0.25) is 4.79 Å². The number of ether oxygens (including phenoxy) is 2. The van der Waals surface area contributed by atoms with Crippen LogP contribution < -0.4 is 4.74 Å². The Hall–Kier alpha value is -1.97. The average Bonchev–Trinajstić information content (AvgIpc) is 3.35. The number of carbonyl (C=O) groups is 1. The first-order valence-corrected chi connectivity index (χ1v) is 9.64. The van der Waals surface area contributed by atoms with E-state index < -0.39 is 0 Å². The van der Waals surface area contributed by atoms with Crippen molar-refractivity contribution in [2.24, 2.45) is 22.7 Å². The number of allylic oxidation sites excluding steroid dienone is 1. The van der Waals surface area contributed by atoms with Crippen molar-refractivity contribution in [3.63, 3.8) is 0 Å². The van der Waals surface area contributed by atoms with Gasteiger partial charge in [0.15, 0.2) is 0 Å². The molecule has 2 atom stereocenters. The zero-order valence-electron chi connectivity index (χ0n) is 15.1. The summed E-state index contributed by atoms with van der Waals surface area (Å²) in [4.78, 5) is 12.5. The number of carbonyl (C=O) groups excluding carboxylic acids is 1. The molecular formula is C22H20Cl2O3. The molecule has 2 unspecified atom stereocenters. The maximum absolute atomic E-state index is 12.5. The third kappa shape index (κ3) is 3.03. The summed E-state index contributed by atoms with van der Waals surface area (Å²) in [6, 6.07) is 17.1. The summed E-state index contributed by atoms with van der Waals surface area (Å²) in [5.41, 5.74) is 0.719. The Kier molecular flexibility index (Phi) is 4.48. The minimum atomic E-state index is -0.162. The van der Waals surface area contributed by atoms with Gasteiger partial charge in [-0.2, -0.15) is 0 Å². The number of esters is 1. The summed E-state index contributed by atoms with van der Waals surface area (Å²) >= 11 is 11.5. The first kappa shape index (κ1) is 18.4. The smallest absolute Gasteiger partial charge is 0.310 e. The molecule has 0 bridgehead atoms. The summed E-state index contributed by atoms with van der Waals surface area (Å²) in [6.45, 7) is 4.40. The molecule has 2 aromatic carbocycles. The molecule has 0 aromatic heterocycles. The number of hydrogen-bond acceptors (Lipinski definition) is 3. The van der Waals surface area contributed by atoms with Crippen LogP contribution >= 0.6 is 23.2 Å². The van der Waals surface area contributed by atoms with Crippen molar-refractivity contribution in [2.75, 3.05) is 0 Å². The molecule has 140 valence electrons. The van der Waals surface area contributed by atoms with E-state index in [1.807, 2.05) is 60.7 Å². The van der Waals surface area contributed by atoms with Gasteiger partial charge in [0.1, 0.15) is 22.6 Å². The molecule has 2 fully saturated rings. The van der Waals surface area contributed by atoms with Crippen LogP contribution in [0, 0.1) is 22.7 Å². The molecule has 0 radical (unpaired) electrons. The van der Waals surface area contributed by atoms with Gasteiger partial charge in [-0.15, -0.1) is 0 Å². The minimum Gasteiger partial charge on any atom is -0.461 e. The molecule has 2 aromatic rings. The second-order valence-electron chi connectivity index (χ2n) is 7.60. The van der Waals surface area contributed by atoms with Crippen LogP contribution in [0.2, 0.25) is 0 Å². The fourth-order valence-corrected chi connectivity index (χ4v) is 4.79. The van der Waals surface area contributed by atoms with E-state index in [9.17, 15) is 4.79 Å². The number of para-hydroxylation sites is 1. The molecule has 4 rings (SSSR count). The largest absolute Gasteiger partial charge is 0.461 e. The molecule has 2 aliphatic carbocycles. The van der Waals surface area contributed by atoms with Crippen LogP contribution in [-0.4, -0.2) is 5.97 Å². The summed E-state index contributed by atoms with van der Waals surface area (Å²) in [6.07, 6.45) is 1.83. The Morgan fingerprint density at radius 1 is 1.04 bits per heavy atom. The first-order valence-electron chi connectivity index (χ1n) is 8.88. The van der Waals surface area contributed by atoms with Crippen molar-refractivity contribution in [3.8, 4) is 11.5 Å². The number of benzene rings is 2. The molecule has 27 heavy (non-hydrogen) atoms. The molecule has 0 saturated heterocycles. The van der Waals surface area contributed by atoms with Gasteiger partial charge in [-0.25, -0.2) is 0 Å². The topological polar surface area (TPSA) is 35.5 Å². The highest BCUT2D eigenvalue weighted by atomic mass is 35.5. The van der Waals surface area contributed by atoms with Gasteiger partial charge in [0, 0.05) is 0 Å². The van der Waals surface area contributed by atoms with E-state index in [-0.39, 0.29) is 39.7 Å². The predicted molar refractivity (Wildman–Crippen MR) is 106 cm³/mol. The number of halogens is 2. The molecular weight excluding hydrogens is 383 g/mol. The lowest BCUT2D eigenvalue weighted by molar-refractivity contribution is -0.149. The minimum absolute atomic E-state index is 0.0859. The maximum atomic E-state index is 12.5. The quantitative estimate of drug-likeness (QED) is 0.546. The van der Waals surface area contributed by atoms with Gasteiger partial charge < -0.3 is 9.47 Å². The number of rotatable bonds is 6. The standard InChI is InChI=1S/C22H20Cl2O3/c1-21-17(12-18(23)24)22(21,2)19(21)20(25)26-13-14-7-6-10-16(11-14)27-15-8-4-3-5-9-15/h3-12,17,19H,13H2,1-2H3. The average molecular weight is 403 g/mol. The Balaban J connectivity index is 1.35. The zero-order valence-corrected chi connectivity index (χ0v) is 16.6. The highest BCUT2D eigenvalue weighted by molar-refractivity contribution is 6.55. The fourth-order valence-electron chi connectivity index (χ4n) is 4.54. The van der Waals surface area contributed by atoms with Gasteiger partial charge in [0.2, 0.25) is 0 Å². The molecule has 2 saturated carbocycles. The predicted octanol–water partition coefficient (Wildman–Crippen LogP) is 6.11. The number of hydrogen-bond donors (Lipinski definition) is 0. The van der Waals surface area contributed by atoms with Crippen molar-refractivity contribution in [3.05, 3.63) is 70.7 Å². The van der Waals surface area contributed by atoms with Crippen molar-refractivity contribution in [2.45, 2.75) is 20.5 Å². The van der Waals surface area contributed by atoms with Crippen molar-refractivity contribution in [1.82, 2.24) is 0 Å². The molecule has 0 spiro atoms. The molecule has 5 heteroatoms. The molecule has 0 heterocycles. The van der Waals surface area contributed by atoms with Crippen LogP contribution in [-0.2, 0) is 16.1 Å². The Labute approximate surface area is 168 Å². The van der Waals surface area contributed by atoms with E-state index in [4.69, 9.17) is 32.7 Å². The molecule has 3 nitrogen and oxygen atoms in total. The normalized spacial score (nSPS) is 30.1. The van der Waals surface area contributed by atoms with E-state index in [0.29, 0.717) is 5.75 Å². The molecule has 0 aliphatic heterocycles. The Morgan fingerprint density at radius 2 is 1.70 bits per heavy atom. The van der Waals surface area contributed by atoms with E-state index >= 15 is 0 Å². The van der Waals surface area contributed by atoms with E-state index in [1.165, 1.54) is 0 Å². The van der Waals surface area contributed by atoms with Crippen molar-refractivity contribution in [1.29, 1.82) is 0 Å². The first-order chi connectivity index (χ1) is 12.9. The van der Waals surface area contributed by atoms with Crippen molar-refractivity contribution >= 4 is 29.2 Å². The lowest BCUT2D eigenvalue weighted by Crippen LogP contribution is -2.21. The van der Waals surface area contributed by atoms with Crippen LogP contribution in [0.3, 0.4) is 0 Å². The second kappa shape index (κ2) is 6.57. The summed E-state index contributed by atoms with van der Waals surface area (Å²) in [5, 5.41) is 0. The monoisotopic (exact) mass is 402 g/mol. The van der Waals surface area contributed by atoms with Crippen LogP contribution in [0.15, 0.2) is 65.2 Å². The maximum Gasteiger partial charge on any atom is 0.310 e. The molecule has 0 amide bonds. The summed E-state index contributed by atoms with van der Waals surface area (Å²) in [7, 11) is 0. The van der Waals surface area contributed by atoms with Gasteiger partial charge >= 0.3 is 5.97 Å². The summed E-state index contributed by atoms with van der Waals surface area (Å²) < 4.78 is 11.6. The van der Waals surface area contributed by atoms with E-state index in [0.717, 1.165) is 11.3 Å². The van der Waals surface area contributed by atoms with Gasteiger partial charge in [-0.05, 0) is 52.7 Å². The van der Waals surface area contributed by atoms with E-state index in [1.54, 1.807) is 0 Å². The van der Waals surface area contributed by atoms with Crippen LogP contribution in [0.5, 0.6) is 11.5 Å². The van der Waals surface area contributed by atoms with Crippen LogP contribution in [0.4, 0.5) is 0 Å². The van der Waals surface area contributed by atoms with Gasteiger partial charge in [-0.1, -0.05) is 67.4 Å². The second-order valence-corrected chi connectivity index (χ2v) is 8.61. The number of fused-ring (bicyclic) bond motifs is 1. The summed E-state index contributed by atoms with van der Waals surface area (Å²) in [5.74, 6) is 1.47. The molecule has 0 N–H and O–H groups in total. The third-order valence-corrected chi connectivity index (χ3v) is 6.52. The third-order valence-electron chi connectivity index (χ3n) is 6.27. The van der Waals surface area contributed by atoms with Gasteiger partial charge in [0.25, 0.3) is 0 Å². The molecule has 2 aliphatic rings. The van der Waals surface area contributed by atoms with Crippen LogP contribution in [0.1, 0.15) is 19.4 Å². The lowest BCUT2D eigenvalue weighted by atomic mass is 9.93. The highest BCUT2D eigenvalue weighted by Gasteiger charge is 2.94. The Bertz CT molecular complexity index is 891. The van der Waals surface area contributed by atoms with Gasteiger partial charge in [0.05, 0.1) is 5.92 Å². The Morgan fingerprint density at radius 3 is 2.37 bits per heavy atom. The van der Waals surface area contributed by atoms with Crippen LogP contribution in [0.25, 0.3) is 0 Å². The van der Waals surface area contributed by atoms with Crippen molar-refractivity contribution < 1.29 is 14.3 Å². The lowest BCUT2D eigenvalue weighted by Gasteiger charge is -2.16. The highest BCUT2D eigenvalue weighted by Crippen LogP contribution is 2.94. The fraction of sp³-hybridized carbons (Fsp3) is 0.318. The van der Waals surface area contributed by atoms with E-state index in [2.05, 4.69) is 13.8 Å². The zero-order chi connectivity index (χ0) is 19.2. The SMILES string of the molecule is CC12C(C=C(Cl)Cl)C1(C)C2C(=O)OCc1cccc(Oc2ccccc2)c1.